The Morgan fingerprint density at radius 1 is 0.943 bits per heavy atom. The Kier molecular flexibility index (Phi) is 7.51. The van der Waals surface area contributed by atoms with E-state index in [0.29, 0.717) is 0 Å². The van der Waals surface area contributed by atoms with Crippen LogP contribution in [-0.4, -0.2) is 35.7 Å². The molecule has 0 spiro atoms. The molecule has 0 aliphatic heterocycles. The fraction of sp³-hybridized carbons (Fsp3) is 0.296. The van der Waals surface area contributed by atoms with Gasteiger partial charge >= 0.3 is 12.1 Å². The van der Waals surface area contributed by atoms with E-state index in [-0.39, 0.29) is 24.9 Å². The number of carboxylic acids is 1. The molecule has 0 fully saturated rings. The summed E-state index contributed by atoms with van der Waals surface area (Å²) in [6.45, 7) is 3.76. The van der Waals surface area contributed by atoms with Gasteiger partial charge in [0.15, 0.2) is 0 Å². The fourth-order valence-electron chi connectivity index (χ4n) is 4.45. The van der Waals surface area contributed by atoms with Gasteiger partial charge in [0.25, 0.3) is 0 Å². The van der Waals surface area contributed by atoms with Gasteiger partial charge in [-0.05, 0) is 39.6 Å². The number of fused-ring (bicyclic) bond motifs is 3. The van der Waals surface area contributed by atoms with Crippen molar-refractivity contribution in [3.8, 4) is 11.1 Å². The van der Waals surface area contributed by atoms with Crippen molar-refractivity contribution in [2.24, 2.45) is 5.92 Å². The molecular formula is C27H28N2O5S. The van der Waals surface area contributed by atoms with Crippen LogP contribution in [-0.2, 0) is 14.3 Å². The summed E-state index contributed by atoms with van der Waals surface area (Å²) in [5, 5.41) is 16.5. The monoisotopic (exact) mass is 492 g/mol. The summed E-state index contributed by atoms with van der Waals surface area (Å²) in [4.78, 5) is 37.8. The smallest absolute Gasteiger partial charge is 0.407 e. The highest BCUT2D eigenvalue weighted by Gasteiger charge is 2.31. The van der Waals surface area contributed by atoms with Crippen LogP contribution in [0.25, 0.3) is 11.1 Å². The second-order valence-electron chi connectivity index (χ2n) is 8.87. The molecule has 2 amide bonds. The zero-order valence-electron chi connectivity index (χ0n) is 19.6. The predicted molar refractivity (Wildman–Crippen MR) is 134 cm³/mol. The number of nitrogens with one attached hydrogen (secondary N) is 2. The zero-order valence-corrected chi connectivity index (χ0v) is 20.4. The number of alkyl carbamates (subject to hydrolysis) is 1. The Bertz CT molecular complexity index is 1160. The van der Waals surface area contributed by atoms with Crippen LogP contribution in [0.4, 0.5) is 4.79 Å². The number of carbonyl (C=O) groups is 3. The third kappa shape index (κ3) is 5.54. The molecule has 1 aromatic heterocycles. The van der Waals surface area contributed by atoms with Gasteiger partial charge in [0.05, 0.1) is 12.5 Å². The van der Waals surface area contributed by atoms with Crippen molar-refractivity contribution in [2.75, 3.05) is 6.61 Å². The van der Waals surface area contributed by atoms with Crippen molar-refractivity contribution < 1.29 is 24.2 Å². The summed E-state index contributed by atoms with van der Waals surface area (Å²) in [5.74, 6) is -1.79. The average Bonchev–Trinajstić information content (AvgIpc) is 3.47. The van der Waals surface area contributed by atoms with Crippen molar-refractivity contribution in [3.63, 3.8) is 0 Å². The average molecular weight is 493 g/mol. The number of ether oxygens (including phenoxy) is 1. The van der Waals surface area contributed by atoms with Gasteiger partial charge in [-0.1, -0.05) is 68.4 Å². The van der Waals surface area contributed by atoms with Crippen LogP contribution < -0.4 is 10.6 Å². The number of benzene rings is 2. The minimum absolute atomic E-state index is 0.0850. The molecule has 2 atom stereocenters. The highest BCUT2D eigenvalue weighted by Crippen LogP contribution is 2.44. The fourth-order valence-corrected chi connectivity index (χ4v) is 5.23. The maximum atomic E-state index is 13.0. The van der Waals surface area contributed by atoms with Crippen LogP contribution in [0.5, 0.6) is 0 Å². The third-order valence-corrected chi connectivity index (χ3v) is 7.13. The first-order chi connectivity index (χ1) is 16.8. The summed E-state index contributed by atoms with van der Waals surface area (Å²) in [6, 6.07) is 18.2. The lowest BCUT2D eigenvalue weighted by Gasteiger charge is -2.25. The van der Waals surface area contributed by atoms with Crippen molar-refractivity contribution >= 4 is 29.3 Å². The van der Waals surface area contributed by atoms with E-state index in [1.54, 1.807) is 12.1 Å². The molecule has 1 unspecified atom stereocenters. The molecule has 2 aromatic carbocycles. The molecule has 0 bridgehead atoms. The second-order valence-corrected chi connectivity index (χ2v) is 9.85. The minimum atomic E-state index is -1.02. The minimum Gasteiger partial charge on any atom is -0.481 e. The number of hydrogen-bond donors (Lipinski definition) is 3. The van der Waals surface area contributed by atoms with Gasteiger partial charge in [-0.3, -0.25) is 9.59 Å². The normalized spacial score (nSPS) is 14.0. The molecule has 0 saturated carbocycles. The van der Waals surface area contributed by atoms with Gasteiger partial charge in [0, 0.05) is 10.8 Å². The quantitative estimate of drug-likeness (QED) is 0.392. The van der Waals surface area contributed by atoms with Crippen LogP contribution in [0.1, 0.15) is 48.2 Å². The van der Waals surface area contributed by atoms with E-state index in [1.165, 1.54) is 11.3 Å². The van der Waals surface area contributed by atoms with Gasteiger partial charge in [-0.25, -0.2) is 4.79 Å². The maximum absolute atomic E-state index is 13.0. The van der Waals surface area contributed by atoms with E-state index in [9.17, 15) is 19.5 Å². The van der Waals surface area contributed by atoms with Crippen LogP contribution in [0.2, 0.25) is 0 Å². The van der Waals surface area contributed by atoms with E-state index in [1.807, 2.05) is 55.6 Å². The van der Waals surface area contributed by atoms with Gasteiger partial charge in [-0.2, -0.15) is 0 Å². The molecule has 1 aliphatic rings. The Morgan fingerprint density at radius 2 is 1.57 bits per heavy atom. The summed E-state index contributed by atoms with van der Waals surface area (Å²) < 4.78 is 5.59. The summed E-state index contributed by atoms with van der Waals surface area (Å²) in [6.07, 6.45) is -0.936. The first-order valence-electron chi connectivity index (χ1n) is 11.5. The molecule has 0 radical (unpaired) electrons. The number of rotatable bonds is 9. The lowest BCUT2D eigenvalue weighted by molar-refractivity contribution is -0.137. The number of amides is 2. The van der Waals surface area contributed by atoms with Gasteiger partial charge in [-0.15, -0.1) is 11.3 Å². The van der Waals surface area contributed by atoms with Gasteiger partial charge < -0.3 is 20.5 Å². The second kappa shape index (κ2) is 10.7. The highest BCUT2D eigenvalue weighted by atomic mass is 32.1. The Balaban J connectivity index is 1.41. The van der Waals surface area contributed by atoms with E-state index < -0.39 is 30.1 Å². The predicted octanol–water partition coefficient (Wildman–Crippen LogP) is 4.94. The number of carboxylic acid groups (broad SMARTS) is 1. The SMILES string of the molecule is CC(C)[C@H](NC(=O)OCC1c2ccccc2-c2ccccc21)C(=O)NC(CC(=O)O)c1cccs1. The number of hydrogen-bond acceptors (Lipinski definition) is 5. The molecule has 0 saturated heterocycles. The Morgan fingerprint density at radius 3 is 2.11 bits per heavy atom. The van der Waals surface area contributed by atoms with Crippen LogP contribution in [0.3, 0.4) is 0 Å². The molecule has 1 heterocycles. The van der Waals surface area contributed by atoms with E-state index >= 15 is 0 Å². The molecule has 7 nitrogen and oxygen atoms in total. The summed E-state index contributed by atoms with van der Waals surface area (Å²) >= 11 is 1.37. The molecule has 182 valence electrons. The van der Waals surface area contributed by atoms with Crippen LogP contribution in [0, 0.1) is 5.92 Å². The zero-order chi connectivity index (χ0) is 24.9. The molecular weight excluding hydrogens is 464 g/mol. The largest absolute Gasteiger partial charge is 0.481 e. The van der Waals surface area contributed by atoms with Gasteiger partial charge in [0.2, 0.25) is 5.91 Å². The molecule has 3 aromatic rings. The number of carbonyl (C=O) groups excluding carboxylic acids is 2. The van der Waals surface area contributed by atoms with Gasteiger partial charge in [0.1, 0.15) is 12.6 Å². The first-order valence-corrected chi connectivity index (χ1v) is 12.4. The topological polar surface area (TPSA) is 105 Å². The van der Waals surface area contributed by atoms with Crippen LogP contribution >= 0.6 is 11.3 Å². The van der Waals surface area contributed by atoms with E-state index in [0.717, 1.165) is 27.1 Å². The third-order valence-electron chi connectivity index (χ3n) is 6.15. The van der Waals surface area contributed by atoms with Crippen LogP contribution in [0.15, 0.2) is 66.0 Å². The van der Waals surface area contributed by atoms with E-state index in [4.69, 9.17) is 4.74 Å². The standard InChI is InChI=1S/C27H28N2O5S/c1-16(2)25(26(32)28-22(14-24(30)31)23-12-7-13-35-23)29-27(33)34-15-21-19-10-5-3-8-17(19)18-9-4-6-11-20(18)21/h3-13,16,21-22,25H,14-15H2,1-2H3,(H,28,32)(H,29,33)(H,30,31)/t22?,25-/m0/s1. The Labute approximate surface area is 208 Å². The highest BCUT2D eigenvalue weighted by molar-refractivity contribution is 7.10. The van der Waals surface area contributed by atoms with Crippen molar-refractivity contribution in [2.45, 2.75) is 38.3 Å². The summed E-state index contributed by atoms with van der Waals surface area (Å²) in [5.41, 5.74) is 4.48. The molecule has 3 N–H and O–H groups in total. The lowest BCUT2D eigenvalue weighted by Crippen LogP contribution is -2.50. The Hall–Kier alpha value is -3.65. The molecule has 35 heavy (non-hydrogen) atoms. The molecule has 4 rings (SSSR count). The van der Waals surface area contributed by atoms with Crippen molar-refractivity contribution in [3.05, 3.63) is 82.0 Å². The number of thiophene rings is 1. The van der Waals surface area contributed by atoms with Crippen molar-refractivity contribution in [1.82, 2.24) is 10.6 Å². The summed E-state index contributed by atoms with van der Waals surface area (Å²) in [7, 11) is 0. The maximum Gasteiger partial charge on any atom is 0.407 e. The molecule has 1 aliphatic carbocycles. The lowest BCUT2D eigenvalue weighted by atomic mass is 9.98. The molecule has 8 heteroatoms. The van der Waals surface area contributed by atoms with Crippen molar-refractivity contribution in [1.29, 1.82) is 0 Å². The van der Waals surface area contributed by atoms with E-state index in [2.05, 4.69) is 22.8 Å². The first kappa shape index (κ1) is 24.5. The number of aliphatic carboxylic acids is 1.